The van der Waals surface area contributed by atoms with E-state index in [0.29, 0.717) is 13.1 Å². The van der Waals surface area contributed by atoms with Gasteiger partial charge in [0.25, 0.3) is 0 Å². The molecule has 12 heteroatoms. The van der Waals surface area contributed by atoms with E-state index in [1.165, 1.54) is 32.2 Å². The summed E-state index contributed by atoms with van der Waals surface area (Å²) in [6.07, 6.45) is -3.98. The number of benzene rings is 2. The molecule has 0 radical (unpaired) electrons. The molecule has 0 spiro atoms. The minimum absolute atomic E-state index is 0. The van der Waals surface area contributed by atoms with Gasteiger partial charge in [-0.3, -0.25) is 19.3 Å². The van der Waals surface area contributed by atoms with Crippen LogP contribution >= 0.6 is 12.4 Å². The molecule has 1 fully saturated rings. The van der Waals surface area contributed by atoms with Crippen molar-refractivity contribution in [3.63, 3.8) is 0 Å². The van der Waals surface area contributed by atoms with E-state index in [1.807, 2.05) is 13.8 Å². The Morgan fingerprint density at radius 1 is 1.09 bits per heavy atom. The van der Waals surface area contributed by atoms with E-state index in [-0.39, 0.29) is 59.3 Å². The standard InChI is InChI=1S/C31H37NO10.ClH/c1-6-32(7-2)18-11-21(41-14(3)26(18)34)42-20-13-31(39,15(4)33)12-17-23(20)30(38)25-24(28(17)36)27(35)16-9-8-10-19(40-5)22(16)29(25)37;/h8-10,14,18,20-21,26,34,36,38-39H,6-7,11-13H2,1-5H3;1H/t14?,18?,20-,21?,26?,31-;/m0./s1. The van der Waals surface area contributed by atoms with E-state index in [1.54, 1.807) is 6.92 Å². The second-order valence-electron chi connectivity index (χ2n) is 11.3. The molecule has 43 heavy (non-hydrogen) atoms. The molecule has 2 aromatic rings. The van der Waals surface area contributed by atoms with Gasteiger partial charge >= 0.3 is 0 Å². The predicted octanol–water partition coefficient (Wildman–Crippen LogP) is 2.83. The number of phenolic OH excluding ortho intramolecular Hbond substituents is 2. The first-order valence-corrected chi connectivity index (χ1v) is 14.2. The summed E-state index contributed by atoms with van der Waals surface area (Å²) in [5.41, 5.74) is -2.90. The normalized spacial score (nSPS) is 28.0. The zero-order valence-corrected chi connectivity index (χ0v) is 25.6. The number of hydrogen-bond acceptors (Lipinski definition) is 11. The number of rotatable bonds is 7. The van der Waals surface area contributed by atoms with Crippen LogP contribution < -0.4 is 4.74 Å². The van der Waals surface area contributed by atoms with E-state index >= 15 is 0 Å². The molecule has 234 valence electrons. The number of phenols is 2. The summed E-state index contributed by atoms with van der Waals surface area (Å²) in [4.78, 5) is 42.1. The average Bonchev–Trinajstić information content (AvgIpc) is 2.95. The topological polar surface area (TPSA) is 163 Å². The van der Waals surface area contributed by atoms with Crippen molar-refractivity contribution >= 4 is 29.8 Å². The van der Waals surface area contributed by atoms with Gasteiger partial charge in [0.15, 0.2) is 17.9 Å². The summed E-state index contributed by atoms with van der Waals surface area (Å²) >= 11 is 0. The lowest BCUT2D eigenvalue weighted by Gasteiger charge is -2.45. The molecular formula is C31H38ClNO10. The van der Waals surface area contributed by atoms with E-state index in [0.717, 1.165) is 0 Å². The number of hydrogen-bond donors (Lipinski definition) is 4. The molecule has 5 rings (SSSR count). The minimum Gasteiger partial charge on any atom is -0.507 e. The van der Waals surface area contributed by atoms with Crippen LogP contribution in [0.1, 0.15) is 89.6 Å². The summed E-state index contributed by atoms with van der Waals surface area (Å²) in [5, 5.41) is 45.3. The Bertz CT molecular complexity index is 1450. The molecule has 6 atom stereocenters. The van der Waals surface area contributed by atoms with Crippen LogP contribution in [-0.2, 0) is 20.7 Å². The number of methoxy groups -OCH3 is 1. The summed E-state index contributed by atoms with van der Waals surface area (Å²) in [5.74, 6) is -3.06. The lowest BCUT2D eigenvalue weighted by Crippen LogP contribution is -2.55. The van der Waals surface area contributed by atoms with Crippen molar-refractivity contribution < 1.29 is 49.0 Å². The monoisotopic (exact) mass is 619 g/mol. The first-order chi connectivity index (χ1) is 19.9. The highest BCUT2D eigenvalue weighted by molar-refractivity contribution is 6.31. The minimum atomic E-state index is -1.99. The van der Waals surface area contributed by atoms with Gasteiger partial charge in [-0.15, -0.1) is 12.4 Å². The van der Waals surface area contributed by atoms with Crippen LogP contribution in [0.2, 0.25) is 0 Å². The van der Waals surface area contributed by atoms with Crippen LogP contribution in [0.4, 0.5) is 0 Å². The number of carbonyl (C=O) groups is 3. The second-order valence-corrected chi connectivity index (χ2v) is 11.3. The number of ketones is 3. The Morgan fingerprint density at radius 2 is 1.74 bits per heavy atom. The molecule has 3 aliphatic rings. The van der Waals surface area contributed by atoms with Gasteiger partial charge in [-0.05, 0) is 33.0 Å². The first-order valence-electron chi connectivity index (χ1n) is 14.2. The van der Waals surface area contributed by atoms with Crippen molar-refractivity contribution in [2.75, 3.05) is 20.2 Å². The highest BCUT2D eigenvalue weighted by atomic mass is 35.5. The average molecular weight is 620 g/mol. The van der Waals surface area contributed by atoms with Gasteiger partial charge in [0.2, 0.25) is 5.78 Å². The fraction of sp³-hybridized carbons (Fsp3) is 0.516. The molecule has 2 aliphatic carbocycles. The molecule has 1 saturated heterocycles. The van der Waals surface area contributed by atoms with Crippen LogP contribution in [0.3, 0.4) is 0 Å². The van der Waals surface area contributed by atoms with Crippen LogP contribution in [0.5, 0.6) is 17.2 Å². The molecule has 1 aliphatic heterocycles. The van der Waals surface area contributed by atoms with Crippen LogP contribution in [0.25, 0.3) is 0 Å². The number of aliphatic hydroxyl groups is 2. The van der Waals surface area contributed by atoms with Crippen molar-refractivity contribution in [1.29, 1.82) is 0 Å². The second kappa shape index (κ2) is 12.1. The van der Waals surface area contributed by atoms with Crippen LogP contribution in [0.15, 0.2) is 18.2 Å². The summed E-state index contributed by atoms with van der Waals surface area (Å²) in [6, 6.07) is 4.18. The zero-order chi connectivity index (χ0) is 30.7. The Hall–Kier alpha value is -3.06. The van der Waals surface area contributed by atoms with E-state index in [9.17, 15) is 34.8 Å². The molecule has 0 saturated carbocycles. The van der Waals surface area contributed by atoms with Crippen molar-refractivity contribution in [3.8, 4) is 17.2 Å². The van der Waals surface area contributed by atoms with Gasteiger partial charge in [0, 0.05) is 42.0 Å². The highest BCUT2D eigenvalue weighted by Crippen LogP contribution is 2.52. The quantitative estimate of drug-likeness (QED) is 0.288. The number of Topliss-reactive ketones (excluding diaryl/α,β-unsaturated/α-hetero) is 1. The lowest BCUT2D eigenvalue weighted by molar-refractivity contribution is -0.258. The van der Waals surface area contributed by atoms with Gasteiger partial charge in [0.1, 0.15) is 22.8 Å². The maximum atomic E-state index is 13.8. The van der Waals surface area contributed by atoms with E-state index in [4.69, 9.17) is 14.2 Å². The number of nitrogens with zero attached hydrogens (tertiary/aromatic N) is 1. The largest absolute Gasteiger partial charge is 0.507 e. The molecule has 1 heterocycles. The summed E-state index contributed by atoms with van der Waals surface area (Å²) in [6.45, 7) is 8.23. The predicted molar refractivity (Wildman–Crippen MR) is 156 cm³/mol. The Labute approximate surface area is 255 Å². The third-order valence-electron chi connectivity index (χ3n) is 9.00. The van der Waals surface area contributed by atoms with Gasteiger partial charge in [0.05, 0.1) is 42.1 Å². The van der Waals surface area contributed by atoms with E-state index < -0.39 is 76.6 Å². The molecular weight excluding hydrogens is 582 g/mol. The third kappa shape index (κ3) is 5.22. The van der Waals surface area contributed by atoms with Crippen molar-refractivity contribution in [2.24, 2.45) is 0 Å². The van der Waals surface area contributed by atoms with Crippen LogP contribution in [0, 0.1) is 0 Å². The number of halogens is 1. The lowest BCUT2D eigenvalue weighted by atomic mass is 9.72. The van der Waals surface area contributed by atoms with Crippen molar-refractivity contribution in [2.45, 2.75) is 83.2 Å². The van der Waals surface area contributed by atoms with Gasteiger partial charge in [-0.2, -0.15) is 0 Å². The van der Waals surface area contributed by atoms with Crippen molar-refractivity contribution in [3.05, 3.63) is 51.6 Å². The number of aromatic hydroxyl groups is 2. The first kappa shape index (κ1) is 32.8. The molecule has 0 aromatic heterocycles. The summed E-state index contributed by atoms with van der Waals surface area (Å²) < 4.78 is 17.6. The Balaban J connectivity index is 0.00000423. The summed E-state index contributed by atoms with van der Waals surface area (Å²) in [7, 11) is 1.35. The number of ether oxygens (including phenoxy) is 3. The number of likely N-dealkylation sites (N-methyl/N-ethyl adjacent to an activating group) is 1. The van der Waals surface area contributed by atoms with Gasteiger partial charge in [-0.1, -0.05) is 26.0 Å². The molecule has 4 unspecified atom stereocenters. The molecule has 11 nitrogen and oxygen atoms in total. The smallest absolute Gasteiger partial charge is 0.202 e. The van der Waals surface area contributed by atoms with Crippen molar-refractivity contribution in [1.82, 2.24) is 4.90 Å². The maximum absolute atomic E-state index is 13.8. The number of fused-ring (bicyclic) bond motifs is 3. The Morgan fingerprint density at radius 3 is 2.35 bits per heavy atom. The Kier molecular flexibility index (Phi) is 9.28. The third-order valence-corrected chi connectivity index (χ3v) is 9.00. The molecule has 4 N–H and O–H groups in total. The SMILES string of the molecule is CCN(CC)C1CC(O[C@H]2C[C@](O)(C(C)=O)Cc3c(O)c4c(c(O)c32)C(=O)c2c(OC)cccc2C4=O)OC(C)C1O.Cl. The number of aliphatic hydroxyl groups excluding tert-OH is 1. The zero-order valence-electron chi connectivity index (χ0n) is 24.7. The molecule has 2 aromatic carbocycles. The maximum Gasteiger partial charge on any atom is 0.202 e. The van der Waals surface area contributed by atoms with Gasteiger partial charge in [-0.25, -0.2) is 0 Å². The highest BCUT2D eigenvalue weighted by Gasteiger charge is 2.49. The fourth-order valence-electron chi connectivity index (χ4n) is 6.66. The van der Waals surface area contributed by atoms with Crippen LogP contribution in [-0.4, -0.2) is 93.0 Å². The fourth-order valence-corrected chi connectivity index (χ4v) is 6.66. The molecule has 0 bridgehead atoms. The van der Waals surface area contributed by atoms with Gasteiger partial charge < -0.3 is 34.6 Å². The molecule has 0 amide bonds. The van der Waals surface area contributed by atoms with E-state index in [2.05, 4.69) is 4.90 Å². The number of carbonyl (C=O) groups excluding carboxylic acids is 3.